The minimum atomic E-state index is -1.51. The Balaban J connectivity index is 2.16. The first kappa shape index (κ1) is 14.1. The maximum absolute atomic E-state index is 11.9. The molecule has 5 nitrogen and oxygen atoms in total. The Bertz CT molecular complexity index is 681. The van der Waals surface area contributed by atoms with E-state index in [-0.39, 0.29) is 5.69 Å². The third-order valence-corrected chi connectivity index (χ3v) is 3.57. The lowest BCUT2D eigenvalue weighted by Gasteiger charge is -1.97. The molecular weight excluding hydrogens is 276 g/mol. The number of rotatable bonds is 4. The molecule has 0 saturated carbocycles. The Kier molecular flexibility index (Phi) is 4.37. The highest BCUT2D eigenvalue weighted by Gasteiger charge is 2.05. The maximum atomic E-state index is 11.9. The highest BCUT2D eigenvalue weighted by atomic mass is 32.2. The summed E-state index contributed by atoms with van der Waals surface area (Å²) in [7, 11) is -1.51. The average molecular weight is 288 g/mol. The number of hydrogen-bond donors (Lipinski definition) is 0. The van der Waals surface area contributed by atoms with Crippen molar-refractivity contribution in [2.24, 2.45) is 4.40 Å². The molecule has 0 aliphatic rings. The predicted octanol–water partition coefficient (Wildman–Crippen LogP) is 3.04. The van der Waals surface area contributed by atoms with Gasteiger partial charge in [-0.05, 0) is 19.1 Å². The van der Waals surface area contributed by atoms with Gasteiger partial charge in [0.05, 0.1) is 9.82 Å². The van der Waals surface area contributed by atoms with Crippen LogP contribution in [0.15, 0.2) is 57.8 Å². The van der Waals surface area contributed by atoms with E-state index in [1.54, 1.807) is 24.3 Å². The van der Waals surface area contributed by atoms with Gasteiger partial charge in [0.2, 0.25) is 0 Å². The molecule has 0 bridgehead atoms. The lowest BCUT2D eigenvalue weighted by Crippen LogP contribution is -1.91. The summed E-state index contributed by atoms with van der Waals surface area (Å²) < 4.78 is 15.8. The summed E-state index contributed by atoms with van der Waals surface area (Å²) >= 11 is 0. The molecule has 2 aromatic carbocycles. The van der Waals surface area contributed by atoms with E-state index in [1.165, 1.54) is 18.3 Å². The zero-order chi connectivity index (χ0) is 14.5. The van der Waals surface area contributed by atoms with Crippen LogP contribution in [-0.4, -0.2) is 15.3 Å². The fourth-order valence-electron chi connectivity index (χ4n) is 1.54. The van der Waals surface area contributed by atoms with Gasteiger partial charge in [0, 0.05) is 23.9 Å². The molecule has 0 saturated heterocycles. The summed E-state index contributed by atoms with van der Waals surface area (Å²) in [5.41, 5.74) is 1.60. The van der Waals surface area contributed by atoms with E-state index >= 15 is 0 Å². The van der Waals surface area contributed by atoms with Crippen molar-refractivity contribution in [1.29, 1.82) is 0 Å². The Morgan fingerprint density at radius 3 is 2.55 bits per heavy atom. The van der Waals surface area contributed by atoms with Gasteiger partial charge in [0.25, 0.3) is 5.69 Å². The Labute approximate surface area is 118 Å². The van der Waals surface area contributed by atoms with Gasteiger partial charge in [0.15, 0.2) is 11.0 Å². The van der Waals surface area contributed by atoms with Crippen LogP contribution in [0.2, 0.25) is 0 Å². The van der Waals surface area contributed by atoms with Gasteiger partial charge in [0.1, 0.15) is 0 Å². The molecule has 6 heteroatoms. The van der Waals surface area contributed by atoms with Gasteiger partial charge in [-0.15, -0.1) is 0 Å². The molecule has 102 valence electrons. The van der Waals surface area contributed by atoms with Crippen molar-refractivity contribution in [3.8, 4) is 0 Å². The van der Waals surface area contributed by atoms with E-state index in [1.807, 2.05) is 19.1 Å². The molecule has 2 rings (SSSR count). The van der Waals surface area contributed by atoms with Crippen LogP contribution in [0.3, 0.4) is 0 Å². The first-order valence-corrected chi connectivity index (χ1v) is 6.94. The first-order chi connectivity index (χ1) is 9.56. The molecule has 0 spiro atoms. The third kappa shape index (κ3) is 3.58. The van der Waals surface area contributed by atoms with E-state index in [4.69, 9.17) is 0 Å². The first-order valence-electron chi connectivity index (χ1n) is 5.83. The molecule has 0 aliphatic carbocycles. The second-order valence-electron chi connectivity index (χ2n) is 4.15. The van der Waals surface area contributed by atoms with Crippen molar-refractivity contribution >= 4 is 22.9 Å². The molecule has 0 fully saturated rings. The van der Waals surface area contributed by atoms with E-state index in [0.717, 1.165) is 5.56 Å². The van der Waals surface area contributed by atoms with Gasteiger partial charge in [-0.1, -0.05) is 29.8 Å². The van der Waals surface area contributed by atoms with E-state index in [9.17, 15) is 14.3 Å². The van der Waals surface area contributed by atoms with Crippen LogP contribution in [-0.2, 0) is 11.0 Å². The quantitative estimate of drug-likeness (QED) is 0.493. The number of hydrogen-bond acceptors (Lipinski definition) is 3. The summed E-state index contributed by atoms with van der Waals surface area (Å²) in [6.07, 6.45) is 1.38. The van der Waals surface area contributed by atoms with Gasteiger partial charge < -0.3 is 0 Å². The molecule has 1 atom stereocenters. The van der Waals surface area contributed by atoms with Crippen LogP contribution >= 0.6 is 0 Å². The Morgan fingerprint density at radius 2 is 1.90 bits per heavy atom. The number of nitrogens with zero attached hydrogens (tertiary/aromatic N) is 2. The minimum Gasteiger partial charge on any atom is -0.258 e. The highest BCUT2D eigenvalue weighted by Crippen LogP contribution is 2.13. The summed E-state index contributed by atoms with van der Waals surface area (Å²) in [5, 5.41) is 10.6. The van der Waals surface area contributed by atoms with Crippen molar-refractivity contribution in [2.45, 2.75) is 11.8 Å². The second-order valence-corrected chi connectivity index (χ2v) is 5.33. The standard InChI is InChI=1S/C14H12N2O3S/c1-11-5-7-14(8-6-11)20(19)15-10-12-3-2-4-13(9-12)16(17)18/h2-10H,1H3/b15-10+. The molecule has 0 aromatic heterocycles. The van der Waals surface area contributed by atoms with Gasteiger partial charge >= 0.3 is 0 Å². The van der Waals surface area contributed by atoms with Crippen LogP contribution in [0.5, 0.6) is 0 Å². The monoisotopic (exact) mass is 288 g/mol. The molecule has 20 heavy (non-hydrogen) atoms. The third-order valence-electron chi connectivity index (χ3n) is 2.60. The number of nitro benzene ring substituents is 1. The normalized spacial score (nSPS) is 12.4. The average Bonchev–Trinajstić information content (AvgIpc) is 2.46. The zero-order valence-corrected chi connectivity index (χ0v) is 11.5. The van der Waals surface area contributed by atoms with Gasteiger partial charge in [-0.3, -0.25) is 10.1 Å². The fraction of sp³-hybridized carbons (Fsp3) is 0.0714. The lowest BCUT2D eigenvalue weighted by atomic mass is 10.2. The van der Waals surface area contributed by atoms with Crippen LogP contribution < -0.4 is 0 Å². The lowest BCUT2D eigenvalue weighted by molar-refractivity contribution is -0.384. The number of aryl methyl sites for hydroxylation is 1. The van der Waals surface area contributed by atoms with Crippen molar-refractivity contribution < 1.29 is 9.13 Å². The van der Waals surface area contributed by atoms with Crippen LogP contribution in [0.25, 0.3) is 0 Å². The molecule has 2 aromatic rings. The Hall–Kier alpha value is -2.34. The molecule has 0 amide bonds. The largest absolute Gasteiger partial charge is 0.270 e. The summed E-state index contributed by atoms with van der Waals surface area (Å²) in [6.45, 7) is 1.94. The van der Waals surface area contributed by atoms with Crippen LogP contribution in [0.1, 0.15) is 11.1 Å². The van der Waals surface area contributed by atoms with Crippen molar-refractivity contribution in [3.05, 3.63) is 69.8 Å². The van der Waals surface area contributed by atoms with Crippen molar-refractivity contribution in [2.75, 3.05) is 0 Å². The van der Waals surface area contributed by atoms with Crippen molar-refractivity contribution in [1.82, 2.24) is 0 Å². The predicted molar refractivity (Wildman–Crippen MR) is 78.3 cm³/mol. The molecule has 1 unspecified atom stereocenters. The van der Waals surface area contributed by atoms with Crippen molar-refractivity contribution in [3.63, 3.8) is 0 Å². The van der Waals surface area contributed by atoms with E-state index < -0.39 is 15.9 Å². The van der Waals surface area contributed by atoms with Crippen LogP contribution in [0.4, 0.5) is 5.69 Å². The second kappa shape index (κ2) is 6.21. The van der Waals surface area contributed by atoms with E-state index in [2.05, 4.69) is 4.40 Å². The molecular formula is C14H12N2O3S. The molecule has 0 N–H and O–H groups in total. The summed E-state index contributed by atoms with van der Waals surface area (Å²) in [5.74, 6) is 0. The fourth-order valence-corrected chi connectivity index (χ4v) is 2.25. The zero-order valence-electron chi connectivity index (χ0n) is 10.7. The van der Waals surface area contributed by atoms with Gasteiger partial charge in [-0.2, -0.15) is 4.40 Å². The Morgan fingerprint density at radius 1 is 1.20 bits per heavy atom. The minimum absolute atomic E-state index is 0.0185. The van der Waals surface area contributed by atoms with Gasteiger partial charge in [-0.25, -0.2) is 4.21 Å². The summed E-state index contributed by atoms with van der Waals surface area (Å²) in [6, 6.07) is 13.2. The maximum Gasteiger partial charge on any atom is 0.270 e. The molecule has 0 radical (unpaired) electrons. The highest BCUT2D eigenvalue weighted by molar-refractivity contribution is 7.83. The molecule has 0 heterocycles. The molecule has 0 aliphatic heterocycles. The smallest absolute Gasteiger partial charge is 0.258 e. The topological polar surface area (TPSA) is 72.6 Å². The summed E-state index contributed by atoms with van der Waals surface area (Å²) in [4.78, 5) is 10.8. The van der Waals surface area contributed by atoms with E-state index in [0.29, 0.717) is 10.5 Å². The van der Waals surface area contributed by atoms with Crippen LogP contribution in [0, 0.1) is 17.0 Å². The number of benzene rings is 2. The SMILES string of the molecule is Cc1ccc(S(=O)/N=C/c2cccc([N+](=O)[O-])c2)cc1. The number of nitro groups is 1. The number of non-ortho nitro benzene ring substituents is 1.